The van der Waals surface area contributed by atoms with Crippen molar-refractivity contribution >= 4 is 22.4 Å². The molecule has 5 heteroatoms. The number of carbonyl (C=O) groups is 1. The standard InChI is InChI=1S/C21H22N2O3/c1-14-18(21(24)25-2)11-16(26-14)13-23-9-7-15(8-10-23)19-12-22-20-6-4-3-5-17(19)20/h3-7,11-12,22H,8-10,13H2,1-2H3. The third-order valence-corrected chi connectivity index (χ3v) is 4.98. The minimum Gasteiger partial charge on any atom is -0.465 e. The summed E-state index contributed by atoms with van der Waals surface area (Å²) in [7, 11) is 1.39. The molecule has 5 nitrogen and oxygen atoms in total. The van der Waals surface area contributed by atoms with E-state index in [1.807, 2.05) is 6.07 Å². The molecular weight excluding hydrogens is 328 g/mol. The lowest BCUT2D eigenvalue weighted by Gasteiger charge is -2.25. The number of methoxy groups -OCH3 is 1. The Morgan fingerprint density at radius 3 is 2.96 bits per heavy atom. The van der Waals surface area contributed by atoms with Crippen molar-refractivity contribution in [3.8, 4) is 0 Å². The molecule has 3 aromatic rings. The number of nitrogens with zero attached hydrogens (tertiary/aromatic N) is 1. The average molecular weight is 350 g/mol. The molecule has 1 aliphatic rings. The number of rotatable bonds is 4. The molecule has 0 bridgehead atoms. The van der Waals surface area contributed by atoms with Crippen LogP contribution in [0.5, 0.6) is 0 Å². The lowest BCUT2D eigenvalue weighted by Crippen LogP contribution is -2.27. The first kappa shape index (κ1) is 16.7. The van der Waals surface area contributed by atoms with Crippen LogP contribution < -0.4 is 0 Å². The Bertz CT molecular complexity index is 980. The first-order valence-electron chi connectivity index (χ1n) is 8.81. The molecule has 0 aliphatic carbocycles. The predicted molar refractivity (Wildman–Crippen MR) is 101 cm³/mol. The summed E-state index contributed by atoms with van der Waals surface area (Å²) in [5, 5.41) is 1.27. The number of nitrogens with one attached hydrogen (secondary N) is 1. The van der Waals surface area contributed by atoms with Crippen molar-refractivity contribution < 1.29 is 13.9 Å². The van der Waals surface area contributed by atoms with Crippen LogP contribution in [0, 0.1) is 6.92 Å². The smallest absolute Gasteiger partial charge is 0.341 e. The van der Waals surface area contributed by atoms with Gasteiger partial charge in [-0.25, -0.2) is 4.79 Å². The number of furan rings is 1. The molecule has 26 heavy (non-hydrogen) atoms. The number of hydrogen-bond acceptors (Lipinski definition) is 4. The number of esters is 1. The third-order valence-electron chi connectivity index (χ3n) is 4.98. The highest BCUT2D eigenvalue weighted by atomic mass is 16.5. The second-order valence-corrected chi connectivity index (χ2v) is 6.64. The number of hydrogen-bond donors (Lipinski definition) is 1. The van der Waals surface area contributed by atoms with Gasteiger partial charge >= 0.3 is 5.97 Å². The first-order valence-corrected chi connectivity index (χ1v) is 8.81. The SMILES string of the molecule is COC(=O)c1cc(CN2CC=C(c3c[nH]c4ccccc34)CC2)oc1C. The van der Waals surface area contributed by atoms with E-state index in [1.165, 1.54) is 29.1 Å². The van der Waals surface area contributed by atoms with Gasteiger partial charge in [0, 0.05) is 35.8 Å². The highest BCUT2D eigenvalue weighted by Crippen LogP contribution is 2.29. The van der Waals surface area contributed by atoms with Gasteiger partial charge < -0.3 is 14.1 Å². The molecule has 4 rings (SSSR count). The van der Waals surface area contributed by atoms with Gasteiger partial charge in [0.15, 0.2) is 0 Å². The van der Waals surface area contributed by atoms with Gasteiger partial charge in [-0.3, -0.25) is 4.90 Å². The van der Waals surface area contributed by atoms with Crippen LogP contribution in [0.4, 0.5) is 0 Å². The van der Waals surface area contributed by atoms with Crippen molar-refractivity contribution in [3.05, 3.63) is 65.3 Å². The molecule has 0 atom stereocenters. The van der Waals surface area contributed by atoms with Gasteiger partial charge in [0.2, 0.25) is 0 Å². The zero-order chi connectivity index (χ0) is 18.1. The summed E-state index contributed by atoms with van der Waals surface area (Å²) in [6.45, 7) is 4.30. The summed E-state index contributed by atoms with van der Waals surface area (Å²) >= 11 is 0. The molecule has 3 heterocycles. The maximum atomic E-state index is 11.7. The molecule has 0 radical (unpaired) electrons. The number of H-pyrrole nitrogens is 1. The number of aromatic nitrogens is 1. The molecule has 0 saturated carbocycles. The molecule has 1 aromatic carbocycles. The molecule has 0 amide bonds. The van der Waals surface area contributed by atoms with Crippen LogP contribution in [0.15, 0.2) is 47.0 Å². The summed E-state index contributed by atoms with van der Waals surface area (Å²) in [6.07, 6.45) is 5.38. The summed E-state index contributed by atoms with van der Waals surface area (Å²) in [4.78, 5) is 17.4. The van der Waals surface area contributed by atoms with Crippen molar-refractivity contribution in [2.75, 3.05) is 20.2 Å². The maximum absolute atomic E-state index is 11.7. The highest BCUT2D eigenvalue weighted by molar-refractivity contribution is 5.92. The van der Waals surface area contributed by atoms with E-state index in [9.17, 15) is 4.79 Å². The van der Waals surface area contributed by atoms with Crippen LogP contribution >= 0.6 is 0 Å². The number of aryl methyl sites for hydroxylation is 1. The summed E-state index contributed by atoms with van der Waals surface area (Å²) in [6, 6.07) is 10.2. The quantitative estimate of drug-likeness (QED) is 0.718. The molecule has 2 aromatic heterocycles. The van der Waals surface area contributed by atoms with Gasteiger partial charge in [-0.05, 0) is 31.1 Å². The Balaban J connectivity index is 1.47. The third kappa shape index (κ3) is 3.06. The van der Waals surface area contributed by atoms with Crippen LogP contribution in [-0.4, -0.2) is 36.1 Å². The van der Waals surface area contributed by atoms with Crippen LogP contribution in [0.2, 0.25) is 0 Å². The lowest BCUT2D eigenvalue weighted by atomic mass is 9.99. The molecule has 1 N–H and O–H groups in total. The predicted octanol–water partition coefficient (Wildman–Crippen LogP) is 4.15. The topological polar surface area (TPSA) is 58.5 Å². The van der Waals surface area contributed by atoms with Crippen molar-refractivity contribution in [1.82, 2.24) is 9.88 Å². The van der Waals surface area contributed by atoms with E-state index in [-0.39, 0.29) is 5.97 Å². The summed E-state index contributed by atoms with van der Waals surface area (Å²) < 4.78 is 10.5. The molecule has 0 fully saturated rings. The molecule has 1 aliphatic heterocycles. The minimum atomic E-state index is -0.349. The largest absolute Gasteiger partial charge is 0.465 e. The zero-order valence-corrected chi connectivity index (χ0v) is 15.0. The fraction of sp³-hybridized carbons (Fsp3) is 0.286. The van der Waals surface area contributed by atoms with Crippen LogP contribution in [0.1, 0.15) is 33.9 Å². The maximum Gasteiger partial charge on any atom is 0.341 e. The number of ether oxygens (including phenoxy) is 1. The fourth-order valence-corrected chi connectivity index (χ4v) is 3.59. The Morgan fingerprint density at radius 1 is 1.35 bits per heavy atom. The van der Waals surface area contributed by atoms with Crippen LogP contribution in [-0.2, 0) is 11.3 Å². The van der Waals surface area contributed by atoms with Gasteiger partial charge in [0.05, 0.1) is 13.7 Å². The molecule has 134 valence electrons. The van der Waals surface area contributed by atoms with Gasteiger partial charge in [-0.15, -0.1) is 0 Å². The average Bonchev–Trinajstić information content (AvgIpc) is 3.25. The zero-order valence-electron chi connectivity index (χ0n) is 15.0. The van der Waals surface area contributed by atoms with Crippen molar-refractivity contribution in [2.45, 2.75) is 19.9 Å². The van der Waals surface area contributed by atoms with Crippen molar-refractivity contribution in [1.29, 1.82) is 0 Å². The van der Waals surface area contributed by atoms with Crippen LogP contribution in [0.25, 0.3) is 16.5 Å². The second kappa shape index (κ2) is 6.84. The summed E-state index contributed by atoms with van der Waals surface area (Å²) in [5.41, 5.74) is 4.36. The lowest BCUT2D eigenvalue weighted by molar-refractivity contribution is 0.0599. The van der Waals surface area contributed by atoms with E-state index < -0.39 is 0 Å². The van der Waals surface area contributed by atoms with Gasteiger partial charge in [0.25, 0.3) is 0 Å². The Hall–Kier alpha value is -2.79. The summed E-state index contributed by atoms with van der Waals surface area (Å²) in [5.74, 6) is 1.06. The molecular formula is C21H22N2O3. The normalized spacial score (nSPS) is 15.2. The Labute approximate surface area is 152 Å². The number of para-hydroxylation sites is 1. The highest BCUT2D eigenvalue weighted by Gasteiger charge is 2.19. The van der Waals surface area contributed by atoms with E-state index in [0.717, 1.165) is 25.3 Å². The number of aromatic amines is 1. The number of fused-ring (bicyclic) bond motifs is 1. The fourth-order valence-electron chi connectivity index (χ4n) is 3.59. The minimum absolute atomic E-state index is 0.349. The Kier molecular flexibility index (Phi) is 4.39. The molecule has 0 spiro atoms. The van der Waals surface area contributed by atoms with E-state index in [1.54, 1.807) is 13.0 Å². The van der Waals surface area contributed by atoms with E-state index >= 15 is 0 Å². The monoisotopic (exact) mass is 350 g/mol. The van der Waals surface area contributed by atoms with E-state index in [4.69, 9.17) is 9.15 Å². The van der Waals surface area contributed by atoms with Crippen LogP contribution in [0.3, 0.4) is 0 Å². The Morgan fingerprint density at radius 2 is 2.19 bits per heavy atom. The number of benzene rings is 1. The number of carbonyl (C=O) groups excluding carboxylic acids is 1. The first-order chi connectivity index (χ1) is 12.7. The van der Waals surface area contributed by atoms with Crippen molar-refractivity contribution in [2.24, 2.45) is 0 Å². The molecule has 0 saturated heterocycles. The van der Waals surface area contributed by atoms with Crippen molar-refractivity contribution in [3.63, 3.8) is 0 Å². The van der Waals surface area contributed by atoms with E-state index in [2.05, 4.69) is 40.4 Å². The van der Waals surface area contributed by atoms with Gasteiger partial charge in [-0.2, -0.15) is 0 Å². The van der Waals surface area contributed by atoms with Gasteiger partial charge in [0.1, 0.15) is 17.1 Å². The molecule has 0 unspecified atom stereocenters. The van der Waals surface area contributed by atoms with Gasteiger partial charge in [-0.1, -0.05) is 24.3 Å². The second-order valence-electron chi connectivity index (χ2n) is 6.64. The van der Waals surface area contributed by atoms with E-state index in [0.29, 0.717) is 17.9 Å².